The fourth-order valence-electron chi connectivity index (χ4n) is 1.53. The highest BCUT2D eigenvalue weighted by Crippen LogP contribution is 2.07. The van der Waals surface area contributed by atoms with E-state index >= 15 is 0 Å². The lowest BCUT2D eigenvalue weighted by Gasteiger charge is -2.18. The van der Waals surface area contributed by atoms with E-state index in [1.54, 1.807) is 6.33 Å². The van der Waals surface area contributed by atoms with Gasteiger partial charge < -0.3 is 14.6 Å². The van der Waals surface area contributed by atoms with E-state index in [4.69, 9.17) is 4.74 Å². The van der Waals surface area contributed by atoms with Gasteiger partial charge in [-0.15, -0.1) is 10.2 Å². The van der Waals surface area contributed by atoms with Gasteiger partial charge in [-0.05, 0) is 20.8 Å². The molecule has 0 aliphatic rings. The van der Waals surface area contributed by atoms with E-state index in [0.717, 1.165) is 19.0 Å². The van der Waals surface area contributed by atoms with Crippen LogP contribution < -0.4 is 5.32 Å². The fourth-order valence-corrected chi connectivity index (χ4v) is 1.53. The molecule has 2 atom stereocenters. The Morgan fingerprint density at radius 2 is 2.27 bits per heavy atom. The van der Waals surface area contributed by atoms with Crippen LogP contribution in [0.4, 0.5) is 0 Å². The maximum Gasteiger partial charge on any atom is 0.149 e. The van der Waals surface area contributed by atoms with Gasteiger partial charge in [0.1, 0.15) is 12.2 Å². The van der Waals surface area contributed by atoms with Crippen LogP contribution in [-0.4, -0.2) is 34.0 Å². The highest BCUT2D eigenvalue weighted by atomic mass is 16.5. The predicted octanol–water partition coefficient (Wildman–Crippen LogP) is 0.891. The standard InChI is InChI=1S/C10H20N4O/c1-5-15-6-8(2)12-9(3)10-13-11-7-14(10)4/h7-9,12H,5-6H2,1-4H3. The molecule has 1 rings (SSSR count). The third-order valence-corrected chi connectivity index (χ3v) is 2.24. The van der Waals surface area contributed by atoms with Crippen LogP contribution >= 0.6 is 0 Å². The molecule has 86 valence electrons. The smallest absolute Gasteiger partial charge is 0.149 e. The molecule has 1 aromatic rings. The van der Waals surface area contributed by atoms with Crippen molar-refractivity contribution >= 4 is 0 Å². The van der Waals surface area contributed by atoms with E-state index < -0.39 is 0 Å². The Bertz CT molecular complexity index is 287. The minimum absolute atomic E-state index is 0.188. The van der Waals surface area contributed by atoms with Crippen molar-refractivity contribution in [1.29, 1.82) is 0 Å². The molecule has 5 heteroatoms. The van der Waals surface area contributed by atoms with Crippen molar-refractivity contribution in [2.45, 2.75) is 32.9 Å². The van der Waals surface area contributed by atoms with Gasteiger partial charge in [0.15, 0.2) is 0 Å². The summed E-state index contributed by atoms with van der Waals surface area (Å²) < 4.78 is 7.26. The Labute approximate surface area is 90.8 Å². The summed E-state index contributed by atoms with van der Waals surface area (Å²) in [6.07, 6.45) is 1.71. The molecule has 15 heavy (non-hydrogen) atoms. The summed E-state index contributed by atoms with van der Waals surface area (Å²) in [4.78, 5) is 0. The van der Waals surface area contributed by atoms with Crippen molar-refractivity contribution in [3.8, 4) is 0 Å². The molecule has 0 amide bonds. The Morgan fingerprint density at radius 1 is 1.53 bits per heavy atom. The molecule has 2 unspecified atom stereocenters. The van der Waals surface area contributed by atoms with Gasteiger partial charge in [-0.1, -0.05) is 0 Å². The van der Waals surface area contributed by atoms with Crippen LogP contribution in [0.25, 0.3) is 0 Å². The molecular weight excluding hydrogens is 192 g/mol. The molecule has 0 saturated carbocycles. The lowest BCUT2D eigenvalue weighted by atomic mass is 10.2. The highest BCUT2D eigenvalue weighted by Gasteiger charge is 2.13. The predicted molar refractivity (Wildman–Crippen MR) is 58.5 cm³/mol. The molecule has 0 spiro atoms. The third-order valence-electron chi connectivity index (χ3n) is 2.24. The summed E-state index contributed by atoms with van der Waals surface area (Å²) in [5.74, 6) is 0.943. The van der Waals surface area contributed by atoms with E-state index in [1.165, 1.54) is 0 Å². The minimum atomic E-state index is 0.188. The Morgan fingerprint density at radius 3 is 2.80 bits per heavy atom. The van der Waals surface area contributed by atoms with Gasteiger partial charge in [-0.2, -0.15) is 0 Å². The van der Waals surface area contributed by atoms with Crippen LogP contribution in [0, 0.1) is 0 Å². The third kappa shape index (κ3) is 3.60. The van der Waals surface area contributed by atoms with E-state index in [-0.39, 0.29) is 6.04 Å². The van der Waals surface area contributed by atoms with E-state index in [1.807, 2.05) is 18.5 Å². The summed E-state index contributed by atoms with van der Waals surface area (Å²) in [5.41, 5.74) is 0. The molecule has 1 N–H and O–H groups in total. The zero-order valence-electron chi connectivity index (χ0n) is 9.90. The van der Waals surface area contributed by atoms with Crippen LogP contribution in [0.2, 0.25) is 0 Å². The van der Waals surface area contributed by atoms with E-state index in [0.29, 0.717) is 6.04 Å². The normalized spacial score (nSPS) is 15.2. The van der Waals surface area contributed by atoms with Gasteiger partial charge in [0, 0.05) is 19.7 Å². The van der Waals surface area contributed by atoms with Crippen molar-refractivity contribution in [1.82, 2.24) is 20.1 Å². The van der Waals surface area contributed by atoms with E-state index in [2.05, 4.69) is 29.4 Å². The largest absolute Gasteiger partial charge is 0.380 e. The fraction of sp³-hybridized carbons (Fsp3) is 0.800. The van der Waals surface area contributed by atoms with Gasteiger partial charge in [0.05, 0.1) is 12.6 Å². The Hall–Kier alpha value is -0.940. The summed E-state index contributed by atoms with van der Waals surface area (Å²) in [6, 6.07) is 0.504. The van der Waals surface area contributed by atoms with Gasteiger partial charge >= 0.3 is 0 Å². The second-order valence-corrected chi connectivity index (χ2v) is 3.75. The number of ether oxygens (including phenoxy) is 1. The van der Waals surface area contributed by atoms with Crippen LogP contribution in [0.3, 0.4) is 0 Å². The summed E-state index contributed by atoms with van der Waals surface area (Å²) in [7, 11) is 1.95. The zero-order valence-corrected chi connectivity index (χ0v) is 9.90. The Kier molecular flexibility index (Phi) is 4.71. The summed E-state index contributed by atoms with van der Waals surface area (Å²) in [6.45, 7) is 7.65. The number of nitrogens with one attached hydrogen (secondary N) is 1. The van der Waals surface area contributed by atoms with Crippen molar-refractivity contribution in [2.75, 3.05) is 13.2 Å². The number of aryl methyl sites for hydroxylation is 1. The van der Waals surface area contributed by atoms with Crippen LogP contribution in [0.5, 0.6) is 0 Å². The molecule has 1 aromatic heterocycles. The number of rotatable bonds is 6. The maximum atomic E-state index is 5.34. The SMILES string of the molecule is CCOCC(C)NC(C)c1nncn1C. The van der Waals surface area contributed by atoms with Gasteiger partial charge in [0.2, 0.25) is 0 Å². The van der Waals surface area contributed by atoms with Crippen molar-refractivity contribution in [3.05, 3.63) is 12.2 Å². The molecule has 0 aliphatic heterocycles. The van der Waals surface area contributed by atoms with Gasteiger partial charge in [0.25, 0.3) is 0 Å². The van der Waals surface area contributed by atoms with Crippen LogP contribution in [-0.2, 0) is 11.8 Å². The minimum Gasteiger partial charge on any atom is -0.380 e. The topological polar surface area (TPSA) is 52.0 Å². The average molecular weight is 212 g/mol. The van der Waals surface area contributed by atoms with Crippen LogP contribution in [0.15, 0.2) is 6.33 Å². The van der Waals surface area contributed by atoms with Gasteiger partial charge in [-0.25, -0.2) is 0 Å². The summed E-state index contributed by atoms with van der Waals surface area (Å²) >= 11 is 0. The second kappa shape index (κ2) is 5.82. The van der Waals surface area contributed by atoms with Crippen molar-refractivity contribution in [2.24, 2.45) is 7.05 Å². The molecule has 0 fully saturated rings. The molecule has 1 heterocycles. The molecule has 0 aliphatic carbocycles. The molecule has 0 radical (unpaired) electrons. The maximum absolute atomic E-state index is 5.34. The van der Waals surface area contributed by atoms with E-state index in [9.17, 15) is 0 Å². The highest BCUT2D eigenvalue weighted by molar-refractivity contribution is 4.92. The second-order valence-electron chi connectivity index (χ2n) is 3.75. The summed E-state index contributed by atoms with van der Waals surface area (Å²) in [5, 5.41) is 11.3. The first-order valence-electron chi connectivity index (χ1n) is 5.32. The zero-order chi connectivity index (χ0) is 11.3. The number of hydrogen-bond donors (Lipinski definition) is 1. The molecular formula is C10H20N4O. The molecule has 0 aromatic carbocycles. The number of nitrogens with zero attached hydrogens (tertiary/aromatic N) is 3. The average Bonchev–Trinajstić information content (AvgIpc) is 2.61. The first-order valence-corrected chi connectivity index (χ1v) is 5.32. The lowest BCUT2D eigenvalue weighted by Crippen LogP contribution is -2.34. The molecule has 0 saturated heterocycles. The molecule has 5 nitrogen and oxygen atoms in total. The monoisotopic (exact) mass is 212 g/mol. The van der Waals surface area contributed by atoms with Crippen molar-refractivity contribution < 1.29 is 4.74 Å². The van der Waals surface area contributed by atoms with Gasteiger partial charge in [-0.3, -0.25) is 0 Å². The van der Waals surface area contributed by atoms with Crippen LogP contribution in [0.1, 0.15) is 32.6 Å². The number of hydrogen-bond acceptors (Lipinski definition) is 4. The Balaban J connectivity index is 2.42. The molecule has 0 bridgehead atoms. The first kappa shape index (κ1) is 12.1. The number of aromatic nitrogens is 3. The first-order chi connectivity index (χ1) is 7.15. The lowest BCUT2D eigenvalue weighted by molar-refractivity contribution is 0.123. The quantitative estimate of drug-likeness (QED) is 0.761. The van der Waals surface area contributed by atoms with Crippen molar-refractivity contribution in [3.63, 3.8) is 0 Å².